The van der Waals surface area contributed by atoms with Crippen molar-refractivity contribution in [3.63, 3.8) is 0 Å². The molecule has 1 fully saturated rings. The molecule has 0 aromatic heterocycles. The van der Waals surface area contributed by atoms with E-state index in [2.05, 4.69) is 11.6 Å². The van der Waals surface area contributed by atoms with Crippen molar-refractivity contribution in [1.29, 1.82) is 0 Å². The molecule has 0 bridgehead atoms. The van der Waals surface area contributed by atoms with Gasteiger partial charge in [-0.3, -0.25) is 0 Å². The zero-order chi connectivity index (χ0) is 14.5. The molecule has 114 valence electrons. The number of aliphatic hydroxyl groups is 1. The van der Waals surface area contributed by atoms with E-state index in [9.17, 15) is 13.5 Å². The maximum absolute atomic E-state index is 11.8. The lowest BCUT2D eigenvalue weighted by molar-refractivity contribution is -0.00189. The molecule has 6 heteroatoms. The molecule has 1 aliphatic carbocycles. The summed E-state index contributed by atoms with van der Waals surface area (Å²) in [6.45, 7) is 6.19. The Bertz CT molecular complexity index is 359. The van der Waals surface area contributed by atoms with Crippen molar-refractivity contribution in [2.75, 3.05) is 18.9 Å². The molecule has 0 aromatic carbocycles. The van der Waals surface area contributed by atoms with E-state index in [1.807, 2.05) is 13.8 Å². The Labute approximate surface area is 116 Å². The van der Waals surface area contributed by atoms with Crippen LogP contribution in [-0.4, -0.2) is 44.1 Å². The summed E-state index contributed by atoms with van der Waals surface area (Å²) in [5.74, 6) is 0.564. The molecule has 0 heterocycles. The summed E-state index contributed by atoms with van der Waals surface area (Å²) in [7, 11) is -3.36. The van der Waals surface area contributed by atoms with E-state index in [1.165, 1.54) is 0 Å². The number of ether oxygens (including phenoxy) is 1. The van der Waals surface area contributed by atoms with Gasteiger partial charge < -0.3 is 9.84 Å². The minimum Gasteiger partial charge on any atom is -0.389 e. The molecule has 0 saturated heterocycles. The Hall–Kier alpha value is -0.170. The summed E-state index contributed by atoms with van der Waals surface area (Å²) in [5.41, 5.74) is -0.877. The van der Waals surface area contributed by atoms with Gasteiger partial charge in [-0.2, -0.15) is 0 Å². The first-order valence-corrected chi connectivity index (χ1v) is 8.69. The van der Waals surface area contributed by atoms with Crippen LogP contribution in [0.5, 0.6) is 0 Å². The molecular formula is C13H27NO4S. The molecule has 1 rings (SSSR count). The van der Waals surface area contributed by atoms with Gasteiger partial charge in [-0.05, 0) is 45.4 Å². The van der Waals surface area contributed by atoms with Gasteiger partial charge in [-0.25, -0.2) is 13.1 Å². The fourth-order valence-electron chi connectivity index (χ4n) is 2.19. The summed E-state index contributed by atoms with van der Waals surface area (Å²) in [5, 5.41) is 10.3. The molecule has 0 aliphatic heterocycles. The highest BCUT2D eigenvalue weighted by Gasteiger charge is 2.32. The summed E-state index contributed by atoms with van der Waals surface area (Å²) in [6.07, 6.45) is 3.26. The van der Waals surface area contributed by atoms with Crippen molar-refractivity contribution in [1.82, 2.24) is 4.72 Å². The van der Waals surface area contributed by atoms with Crippen LogP contribution in [-0.2, 0) is 14.8 Å². The minimum absolute atomic E-state index is 0.0271. The van der Waals surface area contributed by atoms with Crippen LogP contribution in [0.25, 0.3) is 0 Å². The molecule has 0 amide bonds. The monoisotopic (exact) mass is 293 g/mol. The van der Waals surface area contributed by atoms with Crippen molar-refractivity contribution >= 4 is 10.0 Å². The third-order valence-corrected chi connectivity index (χ3v) is 4.92. The molecule has 2 N–H and O–H groups in total. The Balaban J connectivity index is 2.34. The Morgan fingerprint density at radius 3 is 2.47 bits per heavy atom. The maximum atomic E-state index is 11.8. The lowest BCUT2D eigenvalue weighted by atomic mass is 9.80. The summed E-state index contributed by atoms with van der Waals surface area (Å²) < 4.78 is 31.2. The minimum atomic E-state index is -3.36. The first-order chi connectivity index (χ1) is 8.72. The zero-order valence-electron chi connectivity index (χ0n) is 12.2. The van der Waals surface area contributed by atoms with Gasteiger partial charge in [0.05, 0.1) is 24.1 Å². The van der Waals surface area contributed by atoms with Crippen LogP contribution in [0.15, 0.2) is 0 Å². The van der Waals surface area contributed by atoms with E-state index in [-0.39, 0.29) is 25.0 Å². The summed E-state index contributed by atoms with van der Waals surface area (Å²) in [4.78, 5) is 0. The molecular weight excluding hydrogens is 266 g/mol. The van der Waals surface area contributed by atoms with Gasteiger partial charge in [-0.15, -0.1) is 0 Å². The van der Waals surface area contributed by atoms with Gasteiger partial charge in [-0.1, -0.05) is 6.92 Å². The van der Waals surface area contributed by atoms with Gasteiger partial charge in [0.2, 0.25) is 10.0 Å². The fraction of sp³-hybridized carbons (Fsp3) is 1.00. The zero-order valence-corrected chi connectivity index (χ0v) is 13.0. The quantitative estimate of drug-likeness (QED) is 0.741. The van der Waals surface area contributed by atoms with E-state index in [0.29, 0.717) is 18.8 Å². The van der Waals surface area contributed by atoms with Crippen LogP contribution in [0.3, 0.4) is 0 Å². The van der Waals surface area contributed by atoms with E-state index >= 15 is 0 Å². The highest BCUT2D eigenvalue weighted by molar-refractivity contribution is 7.89. The van der Waals surface area contributed by atoms with Crippen LogP contribution in [0.2, 0.25) is 0 Å². The molecule has 19 heavy (non-hydrogen) atoms. The second kappa shape index (κ2) is 7.02. The molecule has 1 saturated carbocycles. The van der Waals surface area contributed by atoms with Crippen LogP contribution in [0, 0.1) is 5.92 Å². The smallest absolute Gasteiger partial charge is 0.213 e. The van der Waals surface area contributed by atoms with Crippen molar-refractivity contribution in [2.45, 2.75) is 58.2 Å². The van der Waals surface area contributed by atoms with E-state index in [1.54, 1.807) is 0 Å². The molecule has 0 atom stereocenters. The van der Waals surface area contributed by atoms with Gasteiger partial charge in [0.1, 0.15) is 0 Å². The maximum Gasteiger partial charge on any atom is 0.213 e. The standard InChI is InChI=1S/C13H27NO4S/c1-11(2)18-8-9-19(16,17)14-10-13(15)6-4-12(3)5-7-13/h11-12,14-15H,4-10H2,1-3H3. The van der Waals surface area contributed by atoms with Crippen molar-refractivity contribution in [3.05, 3.63) is 0 Å². The van der Waals surface area contributed by atoms with Crippen LogP contribution in [0.1, 0.15) is 46.5 Å². The fourth-order valence-corrected chi connectivity index (χ4v) is 3.13. The lowest BCUT2D eigenvalue weighted by Crippen LogP contribution is -2.46. The largest absolute Gasteiger partial charge is 0.389 e. The predicted molar refractivity (Wildman–Crippen MR) is 75.5 cm³/mol. The average molecular weight is 293 g/mol. The topological polar surface area (TPSA) is 75.6 Å². The van der Waals surface area contributed by atoms with Crippen LogP contribution < -0.4 is 4.72 Å². The third-order valence-electron chi connectivity index (χ3n) is 3.63. The SMILES string of the molecule is CC1CCC(O)(CNS(=O)(=O)CCOC(C)C)CC1. The summed E-state index contributed by atoms with van der Waals surface area (Å²) >= 11 is 0. The van der Waals surface area contributed by atoms with Crippen molar-refractivity contribution in [2.24, 2.45) is 5.92 Å². The number of hydrogen-bond donors (Lipinski definition) is 2. The number of nitrogens with one attached hydrogen (secondary N) is 1. The van der Waals surface area contributed by atoms with Gasteiger partial charge in [0.25, 0.3) is 0 Å². The highest BCUT2D eigenvalue weighted by Crippen LogP contribution is 2.31. The molecule has 0 radical (unpaired) electrons. The Morgan fingerprint density at radius 1 is 1.37 bits per heavy atom. The number of sulfonamides is 1. The second-order valence-corrected chi connectivity index (χ2v) is 7.89. The lowest BCUT2D eigenvalue weighted by Gasteiger charge is -2.34. The van der Waals surface area contributed by atoms with Crippen LogP contribution >= 0.6 is 0 Å². The summed E-state index contributed by atoms with van der Waals surface area (Å²) in [6, 6.07) is 0. The predicted octanol–water partition coefficient (Wildman–Crippen LogP) is 1.27. The Morgan fingerprint density at radius 2 is 1.95 bits per heavy atom. The van der Waals surface area contributed by atoms with Crippen LogP contribution in [0.4, 0.5) is 0 Å². The molecule has 1 aliphatic rings. The van der Waals surface area contributed by atoms with E-state index in [4.69, 9.17) is 4.74 Å². The van der Waals surface area contributed by atoms with Gasteiger partial charge >= 0.3 is 0 Å². The molecule has 0 spiro atoms. The normalized spacial score (nSPS) is 28.8. The molecule has 0 unspecified atom stereocenters. The second-order valence-electron chi connectivity index (χ2n) is 5.97. The highest BCUT2D eigenvalue weighted by atomic mass is 32.2. The van der Waals surface area contributed by atoms with Crippen molar-refractivity contribution in [3.8, 4) is 0 Å². The average Bonchev–Trinajstić information content (AvgIpc) is 2.31. The van der Waals surface area contributed by atoms with Gasteiger partial charge in [0.15, 0.2) is 0 Å². The molecule has 0 aromatic rings. The number of rotatable bonds is 7. The number of hydrogen-bond acceptors (Lipinski definition) is 4. The van der Waals surface area contributed by atoms with Crippen molar-refractivity contribution < 1.29 is 18.3 Å². The Kier molecular flexibility index (Phi) is 6.23. The van der Waals surface area contributed by atoms with E-state index in [0.717, 1.165) is 12.8 Å². The first kappa shape index (κ1) is 16.9. The van der Waals surface area contributed by atoms with E-state index < -0.39 is 15.6 Å². The molecule has 5 nitrogen and oxygen atoms in total. The third kappa shape index (κ3) is 6.70. The first-order valence-electron chi connectivity index (χ1n) is 7.04. The van der Waals surface area contributed by atoms with Gasteiger partial charge in [0, 0.05) is 6.54 Å².